The number of likely N-dealkylation sites (N-methyl/N-ethyl adjacent to an activating group) is 1. The molecule has 2 bridgehead atoms. The fourth-order valence-electron chi connectivity index (χ4n) is 4.94. The van der Waals surface area contributed by atoms with Crippen LogP contribution in [0.5, 0.6) is 0 Å². The molecule has 3 rings (SSSR count). The van der Waals surface area contributed by atoms with E-state index < -0.39 is 15.4 Å². The molecule has 0 spiro atoms. The van der Waals surface area contributed by atoms with E-state index in [1.54, 1.807) is 4.31 Å². The van der Waals surface area contributed by atoms with Crippen molar-refractivity contribution < 1.29 is 18.1 Å². The van der Waals surface area contributed by atoms with E-state index in [9.17, 15) is 13.2 Å². The van der Waals surface area contributed by atoms with E-state index in [0.717, 1.165) is 32.5 Å². The first kappa shape index (κ1) is 16.4. The van der Waals surface area contributed by atoms with Crippen molar-refractivity contribution in [2.45, 2.75) is 40.0 Å². The maximum absolute atomic E-state index is 12.9. The first-order chi connectivity index (χ1) is 10.2. The first-order valence-corrected chi connectivity index (χ1v) is 10.2. The highest BCUT2D eigenvalue weighted by Gasteiger charge is 2.65. The van der Waals surface area contributed by atoms with E-state index in [1.165, 1.54) is 4.90 Å². The van der Waals surface area contributed by atoms with Crippen LogP contribution in [0, 0.1) is 16.7 Å². The van der Waals surface area contributed by atoms with Gasteiger partial charge >= 0.3 is 0 Å². The zero-order valence-corrected chi connectivity index (χ0v) is 14.8. The highest BCUT2D eigenvalue weighted by molar-refractivity contribution is 7.89. The Morgan fingerprint density at radius 1 is 1.27 bits per heavy atom. The van der Waals surface area contributed by atoms with Gasteiger partial charge in [0, 0.05) is 11.8 Å². The number of nitrogens with zero attached hydrogens (tertiary/aromatic N) is 1. The zero-order chi connectivity index (χ0) is 16.2. The lowest BCUT2D eigenvalue weighted by molar-refractivity contribution is -0.901. The molecule has 2 aliphatic carbocycles. The number of sulfonamides is 1. The van der Waals surface area contributed by atoms with Gasteiger partial charge in [0.15, 0.2) is 0 Å². The molecule has 6 heteroatoms. The minimum atomic E-state index is -3.35. The number of nitrogens with one attached hydrogen (secondary N) is 1. The monoisotopic (exact) mass is 329 g/mol. The van der Waals surface area contributed by atoms with E-state index in [2.05, 4.69) is 20.8 Å². The Hall–Kier alpha value is -0.460. The lowest BCUT2D eigenvalue weighted by Gasteiger charge is -2.38. The first-order valence-electron chi connectivity index (χ1n) is 8.57. The van der Waals surface area contributed by atoms with Gasteiger partial charge in [-0.2, -0.15) is 4.31 Å². The minimum absolute atomic E-state index is 0.0315. The normalized spacial score (nSPS) is 36.1. The summed E-state index contributed by atoms with van der Waals surface area (Å²) in [5.41, 5.74) is -0.807. The molecule has 1 N–H and O–H groups in total. The van der Waals surface area contributed by atoms with Crippen molar-refractivity contribution in [3.8, 4) is 0 Å². The lowest BCUT2D eigenvalue weighted by Crippen LogP contribution is -3.14. The number of quaternary nitrogens is 1. The van der Waals surface area contributed by atoms with Crippen molar-refractivity contribution in [2.75, 3.05) is 38.5 Å². The number of ketones is 1. The third-order valence-electron chi connectivity index (χ3n) is 6.89. The lowest BCUT2D eigenvalue weighted by atomic mass is 9.70. The largest absolute Gasteiger partial charge is 0.333 e. The Bertz CT molecular complexity index is 564. The number of Topliss-reactive ketones (excluding diaryl/α,β-unsaturated/α-hetero) is 1. The molecule has 126 valence electrons. The number of rotatable bonds is 4. The van der Waals surface area contributed by atoms with Gasteiger partial charge < -0.3 is 4.90 Å². The average Bonchev–Trinajstić information content (AvgIpc) is 2.81. The average molecular weight is 329 g/mol. The van der Waals surface area contributed by atoms with Crippen LogP contribution in [0.15, 0.2) is 0 Å². The smallest absolute Gasteiger partial charge is 0.215 e. The van der Waals surface area contributed by atoms with Crippen LogP contribution in [0.3, 0.4) is 0 Å². The minimum Gasteiger partial charge on any atom is -0.333 e. The summed E-state index contributed by atoms with van der Waals surface area (Å²) in [5, 5.41) is 0. The summed E-state index contributed by atoms with van der Waals surface area (Å²) in [7, 11) is -3.35. The Morgan fingerprint density at radius 2 is 1.91 bits per heavy atom. The number of hydrogen-bond acceptors (Lipinski definition) is 3. The Labute approximate surface area is 134 Å². The van der Waals surface area contributed by atoms with E-state index in [-0.39, 0.29) is 17.0 Å². The summed E-state index contributed by atoms with van der Waals surface area (Å²) in [6, 6.07) is 0. The van der Waals surface area contributed by atoms with Crippen LogP contribution in [0.2, 0.25) is 0 Å². The van der Waals surface area contributed by atoms with Crippen molar-refractivity contribution in [1.29, 1.82) is 0 Å². The van der Waals surface area contributed by atoms with Gasteiger partial charge in [-0.25, -0.2) is 8.42 Å². The van der Waals surface area contributed by atoms with Crippen LogP contribution in [0.4, 0.5) is 0 Å². The van der Waals surface area contributed by atoms with Crippen LogP contribution < -0.4 is 4.90 Å². The molecule has 1 aliphatic heterocycles. The molecule has 2 atom stereocenters. The van der Waals surface area contributed by atoms with Crippen LogP contribution in [0.25, 0.3) is 0 Å². The molecule has 1 heterocycles. The molecule has 0 amide bonds. The molecular weight excluding hydrogens is 300 g/mol. The zero-order valence-electron chi connectivity index (χ0n) is 14.0. The molecule has 0 aromatic carbocycles. The van der Waals surface area contributed by atoms with E-state index in [4.69, 9.17) is 0 Å². The summed E-state index contributed by atoms with van der Waals surface area (Å²) in [6.07, 6.45) is 2.33. The second kappa shape index (κ2) is 5.28. The summed E-state index contributed by atoms with van der Waals surface area (Å²) in [5.74, 6) is 0.593. The second-order valence-electron chi connectivity index (χ2n) is 7.93. The summed E-state index contributed by atoms with van der Waals surface area (Å²) >= 11 is 0. The summed E-state index contributed by atoms with van der Waals surface area (Å²) < 4.78 is 27.5. The van der Waals surface area contributed by atoms with Gasteiger partial charge in [0.2, 0.25) is 10.0 Å². The number of carbonyl (C=O) groups excluding carboxylic acids is 1. The molecule has 22 heavy (non-hydrogen) atoms. The van der Waals surface area contributed by atoms with Crippen LogP contribution in [-0.4, -0.2) is 57.0 Å². The number of fused-ring (bicyclic) bond motifs is 2. The van der Waals surface area contributed by atoms with E-state index >= 15 is 0 Å². The molecule has 2 saturated carbocycles. The standard InChI is InChI=1S/C16H28N2O3S/c1-4-17-7-9-18(10-8-17)22(20,21)12-16-6-5-13(11-14(16)19)15(16,2)3/h13H,4-12H2,1-3H3/p+1/t13-,16-/m0/s1. The van der Waals surface area contributed by atoms with Crippen LogP contribution >= 0.6 is 0 Å². The van der Waals surface area contributed by atoms with Crippen LogP contribution in [0.1, 0.15) is 40.0 Å². The third-order valence-corrected chi connectivity index (χ3v) is 8.90. The van der Waals surface area contributed by atoms with Crippen LogP contribution in [-0.2, 0) is 14.8 Å². The maximum Gasteiger partial charge on any atom is 0.215 e. The highest BCUT2D eigenvalue weighted by Crippen LogP contribution is 2.64. The van der Waals surface area contributed by atoms with Crippen molar-refractivity contribution in [1.82, 2.24) is 4.31 Å². The van der Waals surface area contributed by atoms with Gasteiger partial charge in [-0.3, -0.25) is 4.79 Å². The molecule has 5 nitrogen and oxygen atoms in total. The molecule has 3 aliphatic rings. The van der Waals surface area contributed by atoms with Crippen molar-refractivity contribution >= 4 is 15.8 Å². The maximum atomic E-state index is 12.9. The molecule has 1 saturated heterocycles. The second-order valence-corrected chi connectivity index (χ2v) is 9.89. The van der Waals surface area contributed by atoms with Crippen molar-refractivity contribution in [2.24, 2.45) is 16.7 Å². The molecule has 0 aromatic heterocycles. The number of piperazine rings is 1. The van der Waals surface area contributed by atoms with Gasteiger partial charge in [0.1, 0.15) is 5.78 Å². The topological polar surface area (TPSA) is 58.9 Å². The summed E-state index contributed by atoms with van der Waals surface area (Å²) in [4.78, 5) is 14.0. The van der Waals surface area contributed by atoms with Crippen molar-refractivity contribution in [3.63, 3.8) is 0 Å². The number of carbonyl (C=O) groups is 1. The van der Waals surface area contributed by atoms with E-state index in [1.807, 2.05) is 0 Å². The third kappa shape index (κ3) is 2.26. The molecule has 3 fully saturated rings. The number of hydrogen-bond donors (Lipinski definition) is 1. The fourth-order valence-corrected chi connectivity index (χ4v) is 7.17. The van der Waals surface area contributed by atoms with Gasteiger partial charge in [-0.15, -0.1) is 0 Å². The van der Waals surface area contributed by atoms with Gasteiger partial charge in [0.25, 0.3) is 0 Å². The Morgan fingerprint density at radius 3 is 2.36 bits per heavy atom. The van der Waals surface area contributed by atoms with Gasteiger partial charge in [-0.05, 0) is 31.1 Å². The molecule has 0 unspecified atom stereocenters. The molecule has 0 radical (unpaired) electrons. The SMILES string of the molecule is CC[NH+]1CCN(S(=O)(=O)C[C@@]23CC[C@@H](CC2=O)C3(C)C)CC1. The van der Waals surface area contributed by atoms with Gasteiger partial charge in [-0.1, -0.05) is 13.8 Å². The predicted molar refractivity (Wildman–Crippen MR) is 85.2 cm³/mol. The Balaban J connectivity index is 1.79. The highest BCUT2D eigenvalue weighted by atomic mass is 32.2. The van der Waals surface area contributed by atoms with Gasteiger partial charge in [0.05, 0.1) is 38.5 Å². The molecular formula is C16H29N2O3S+. The fraction of sp³-hybridized carbons (Fsp3) is 0.938. The Kier molecular flexibility index (Phi) is 3.94. The summed E-state index contributed by atoms with van der Waals surface area (Å²) in [6.45, 7) is 10.3. The predicted octanol–water partition coefficient (Wildman–Crippen LogP) is -0.0680. The quantitative estimate of drug-likeness (QED) is 0.786. The van der Waals surface area contributed by atoms with E-state index in [0.29, 0.717) is 25.4 Å². The molecule has 0 aromatic rings. The van der Waals surface area contributed by atoms with Crippen molar-refractivity contribution in [3.05, 3.63) is 0 Å².